The van der Waals surface area contributed by atoms with Crippen LogP contribution in [0.1, 0.15) is 75.8 Å². The third-order valence-electron chi connectivity index (χ3n) is 5.73. The Labute approximate surface area is 156 Å². The Morgan fingerprint density at radius 1 is 0.923 bits per heavy atom. The average molecular weight is 345 g/mol. The lowest BCUT2D eigenvalue weighted by molar-refractivity contribution is 0.557. The molecule has 0 spiro atoms. The van der Waals surface area contributed by atoms with Crippen molar-refractivity contribution in [3.05, 3.63) is 47.5 Å². The Balaban J connectivity index is 1.55. The topological polar surface area (TPSA) is 25.2 Å². The molecule has 134 valence electrons. The Morgan fingerprint density at radius 2 is 1.77 bits per heavy atom. The van der Waals surface area contributed by atoms with E-state index in [4.69, 9.17) is 4.98 Å². The molecular weight excluding hydrogens is 316 g/mol. The van der Waals surface area contributed by atoms with Gasteiger partial charge in [-0.1, -0.05) is 64.5 Å². The molecule has 4 rings (SSSR count). The molecule has 1 aromatic heterocycles. The van der Waals surface area contributed by atoms with Crippen molar-refractivity contribution in [1.82, 2.24) is 4.98 Å². The molecule has 1 unspecified atom stereocenters. The van der Waals surface area contributed by atoms with Crippen molar-refractivity contribution in [1.29, 1.82) is 0 Å². The van der Waals surface area contributed by atoms with Crippen LogP contribution in [-0.4, -0.2) is 11.2 Å². The highest BCUT2D eigenvalue weighted by atomic mass is 14.8. The van der Waals surface area contributed by atoms with Crippen molar-refractivity contribution in [3.63, 3.8) is 0 Å². The van der Waals surface area contributed by atoms with E-state index in [2.05, 4.69) is 49.2 Å². The lowest BCUT2D eigenvalue weighted by atomic mass is 9.92. The van der Waals surface area contributed by atoms with Crippen LogP contribution in [0.15, 0.2) is 41.4 Å². The van der Waals surface area contributed by atoms with Crippen molar-refractivity contribution in [2.45, 2.75) is 64.7 Å². The maximum absolute atomic E-state index is 4.86. The average Bonchev–Trinajstić information content (AvgIpc) is 3.10. The Bertz CT molecular complexity index is 955. The fraction of sp³-hybridized carbons (Fsp3) is 0.417. The van der Waals surface area contributed by atoms with Gasteiger partial charge in [0, 0.05) is 22.6 Å². The third kappa shape index (κ3) is 3.25. The molecule has 0 radical (unpaired) electrons. The SMILES string of the molecule is CCCCCCCCC(C)c1ccc2nc3cccc4c3c(c2c1)C=N4. The molecule has 0 aliphatic carbocycles. The fourth-order valence-electron chi connectivity index (χ4n) is 4.11. The Hall–Kier alpha value is -2.22. The number of nitrogens with zero attached hydrogens (tertiary/aromatic N) is 2. The normalized spacial score (nSPS) is 13.8. The lowest BCUT2D eigenvalue weighted by Crippen LogP contribution is -1.96. The van der Waals surface area contributed by atoms with Crippen molar-refractivity contribution in [3.8, 4) is 0 Å². The van der Waals surface area contributed by atoms with E-state index in [0.717, 1.165) is 16.7 Å². The van der Waals surface area contributed by atoms with Gasteiger partial charge < -0.3 is 0 Å². The molecule has 0 fully saturated rings. The summed E-state index contributed by atoms with van der Waals surface area (Å²) >= 11 is 0. The summed E-state index contributed by atoms with van der Waals surface area (Å²) in [6, 6.07) is 13.0. The molecule has 2 heterocycles. The number of aliphatic imine (C=N–C) groups is 1. The van der Waals surface area contributed by atoms with E-state index in [1.54, 1.807) is 0 Å². The number of hydrogen-bond acceptors (Lipinski definition) is 2. The molecule has 0 saturated heterocycles. The van der Waals surface area contributed by atoms with Crippen LogP contribution in [0.25, 0.3) is 21.8 Å². The first-order valence-electron chi connectivity index (χ1n) is 10.2. The van der Waals surface area contributed by atoms with E-state index in [1.165, 1.54) is 66.8 Å². The maximum Gasteiger partial charge on any atom is 0.0738 e. The first-order valence-corrected chi connectivity index (χ1v) is 10.2. The summed E-state index contributed by atoms with van der Waals surface area (Å²) in [7, 11) is 0. The molecule has 2 nitrogen and oxygen atoms in total. The molecular formula is C24H28N2. The first kappa shape index (κ1) is 17.2. The van der Waals surface area contributed by atoms with Crippen LogP contribution in [-0.2, 0) is 0 Å². The van der Waals surface area contributed by atoms with Crippen LogP contribution >= 0.6 is 0 Å². The molecule has 2 aromatic carbocycles. The largest absolute Gasteiger partial charge is 0.255 e. The van der Waals surface area contributed by atoms with E-state index >= 15 is 0 Å². The zero-order valence-electron chi connectivity index (χ0n) is 16.0. The molecule has 1 aliphatic rings. The minimum atomic E-state index is 0.599. The van der Waals surface area contributed by atoms with E-state index in [9.17, 15) is 0 Å². The standard InChI is InChI=1S/C24H28N2/c1-3-4-5-6-7-8-10-17(2)18-13-14-21-19(15-18)20-16-25-22-11-9-12-23(26-21)24(20)22/h9,11-17H,3-8,10H2,1-2H3. The molecule has 0 bridgehead atoms. The Kier molecular flexibility index (Phi) is 5.01. The van der Waals surface area contributed by atoms with Gasteiger partial charge in [-0.15, -0.1) is 0 Å². The zero-order valence-corrected chi connectivity index (χ0v) is 16.0. The molecule has 0 saturated carbocycles. The van der Waals surface area contributed by atoms with E-state index in [0.29, 0.717) is 5.92 Å². The predicted octanol–water partition coefficient (Wildman–Crippen LogP) is 7.31. The molecule has 0 N–H and O–H groups in total. The number of hydrogen-bond donors (Lipinski definition) is 0. The van der Waals surface area contributed by atoms with Gasteiger partial charge in [-0.2, -0.15) is 0 Å². The second-order valence-corrected chi connectivity index (χ2v) is 7.69. The van der Waals surface area contributed by atoms with Crippen molar-refractivity contribution in [2.75, 3.05) is 0 Å². The highest BCUT2D eigenvalue weighted by molar-refractivity contribution is 6.18. The number of rotatable bonds is 8. The first-order chi connectivity index (χ1) is 12.8. The van der Waals surface area contributed by atoms with E-state index < -0.39 is 0 Å². The van der Waals surface area contributed by atoms with Gasteiger partial charge in [-0.05, 0) is 42.2 Å². The fourth-order valence-corrected chi connectivity index (χ4v) is 4.11. The summed E-state index contributed by atoms with van der Waals surface area (Å²) in [6.45, 7) is 4.64. The summed E-state index contributed by atoms with van der Waals surface area (Å²) < 4.78 is 0. The lowest BCUT2D eigenvalue weighted by Gasteiger charge is -2.14. The second kappa shape index (κ2) is 7.57. The van der Waals surface area contributed by atoms with Gasteiger partial charge >= 0.3 is 0 Å². The summed E-state index contributed by atoms with van der Waals surface area (Å²) in [5, 5.41) is 2.46. The van der Waals surface area contributed by atoms with Gasteiger partial charge in [0.05, 0.1) is 16.7 Å². The van der Waals surface area contributed by atoms with Crippen molar-refractivity contribution < 1.29 is 0 Å². The number of aromatic nitrogens is 1. The molecule has 26 heavy (non-hydrogen) atoms. The van der Waals surface area contributed by atoms with Crippen LogP contribution < -0.4 is 0 Å². The van der Waals surface area contributed by atoms with Gasteiger partial charge in [0.15, 0.2) is 0 Å². The van der Waals surface area contributed by atoms with Crippen LogP contribution in [0.5, 0.6) is 0 Å². The zero-order chi connectivity index (χ0) is 17.9. The van der Waals surface area contributed by atoms with Gasteiger partial charge in [-0.3, -0.25) is 4.99 Å². The number of fused-ring (bicyclic) bond motifs is 2. The van der Waals surface area contributed by atoms with Gasteiger partial charge in [0.1, 0.15) is 0 Å². The minimum Gasteiger partial charge on any atom is -0.255 e. The summed E-state index contributed by atoms with van der Waals surface area (Å²) in [4.78, 5) is 9.45. The van der Waals surface area contributed by atoms with Gasteiger partial charge in [0.2, 0.25) is 0 Å². The second-order valence-electron chi connectivity index (χ2n) is 7.69. The number of unbranched alkanes of at least 4 members (excludes halogenated alkanes) is 5. The number of benzene rings is 2. The monoisotopic (exact) mass is 344 g/mol. The smallest absolute Gasteiger partial charge is 0.0738 e. The van der Waals surface area contributed by atoms with Crippen LogP contribution in [0, 0.1) is 0 Å². The highest BCUT2D eigenvalue weighted by Gasteiger charge is 2.16. The minimum absolute atomic E-state index is 0.599. The van der Waals surface area contributed by atoms with Crippen molar-refractivity contribution in [2.24, 2.45) is 4.99 Å². The summed E-state index contributed by atoms with van der Waals surface area (Å²) in [5.74, 6) is 0.599. The molecule has 1 atom stereocenters. The maximum atomic E-state index is 4.86. The molecule has 1 aliphatic heterocycles. The van der Waals surface area contributed by atoms with Gasteiger partial charge in [0.25, 0.3) is 0 Å². The molecule has 3 aromatic rings. The number of pyridine rings is 1. The third-order valence-corrected chi connectivity index (χ3v) is 5.73. The van der Waals surface area contributed by atoms with E-state index in [-0.39, 0.29) is 0 Å². The van der Waals surface area contributed by atoms with Crippen LogP contribution in [0.2, 0.25) is 0 Å². The summed E-state index contributed by atoms with van der Waals surface area (Å²) in [6.07, 6.45) is 11.5. The van der Waals surface area contributed by atoms with E-state index in [1.807, 2.05) is 12.3 Å². The highest BCUT2D eigenvalue weighted by Crippen LogP contribution is 2.37. The van der Waals surface area contributed by atoms with Crippen LogP contribution in [0.3, 0.4) is 0 Å². The van der Waals surface area contributed by atoms with Gasteiger partial charge in [-0.25, -0.2) is 4.98 Å². The van der Waals surface area contributed by atoms with Crippen LogP contribution in [0.4, 0.5) is 5.69 Å². The Morgan fingerprint density at radius 3 is 2.65 bits per heavy atom. The molecule has 2 heteroatoms. The summed E-state index contributed by atoms with van der Waals surface area (Å²) in [5.41, 5.74) is 5.86. The van der Waals surface area contributed by atoms with Crippen molar-refractivity contribution >= 4 is 33.7 Å². The predicted molar refractivity (Wildman–Crippen MR) is 113 cm³/mol. The molecule has 0 amide bonds. The quantitative estimate of drug-likeness (QED) is 0.243.